The number of pyridine rings is 1. The van der Waals surface area contributed by atoms with E-state index in [1.165, 1.54) is 0 Å². The third-order valence-electron chi connectivity index (χ3n) is 7.10. The number of carbonyl (C=O) groups excluding carboxylic acids is 1. The number of furan rings is 1. The van der Waals surface area contributed by atoms with Crippen LogP contribution < -0.4 is 30.5 Å². The van der Waals surface area contributed by atoms with Crippen LogP contribution in [-0.2, 0) is 0 Å². The minimum absolute atomic E-state index is 0.141. The summed E-state index contributed by atoms with van der Waals surface area (Å²) in [5.41, 5.74) is 6.28. The van der Waals surface area contributed by atoms with Gasteiger partial charge in [-0.2, -0.15) is 0 Å². The van der Waals surface area contributed by atoms with Crippen molar-refractivity contribution in [2.24, 2.45) is 0 Å². The summed E-state index contributed by atoms with van der Waals surface area (Å²) in [5, 5.41) is 9.49. The molecule has 2 aliphatic heterocycles. The molecule has 1 atom stereocenters. The lowest BCUT2D eigenvalue weighted by atomic mass is 10.1. The fourth-order valence-corrected chi connectivity index (χ4v) is 5.06. The molecule has 38 heavy (non-hydrogen) atoms. The van der Waals surface area contributed by atoms with Gasteiger partial charge in [-0.25, -0.2) is 4.98 Å². The number of hydrogen-bond donors (Lipinski definition) is 3. The average molecular weight is 511 g/mol. The Balaban J connectivity index is 1.18. The van der Waals surface area contributed by atoms with E-state index in [1.54, 1.807) is 25.6 Å². The van der Waals surface area contributed by atoms with Crippen LogP contribution in [0.2, 0.25) is 0 Å². The maximum Gasteiger partial charge on any atom is 0.253 e. The smallest absolute Gasteiger partial charge is 0.253 e. The van der Waals surface area contributed by atoms with Gasteiger partial charge >= 0.3 is 0 Å². The highest BCUT2D eigenvalue weighted by atomic mass is 16.5. The van der Waals surface area contributed by atoms with Gasteiger partial charge in [0.2, 0.25) is 0 Å². The molecule has 1 fully saturated rings. The highest BCUT2D eigenvalue weighted by Gasteiger charge is 2.33. The van der Waals surface area contributed by atoms with E-state index in [-0.39, 0.29) is 11.9 Å². The summed E-state index contributed by atoms with van der Waals surface area (Å²) in [4.78, 5) is 21.6. The van der Waals surface area contributed by atoms with E-state index in [2.05, 4.69) is 42.9 Å². The molecule has 4 heterocycles. The number of nitrogens with zero attached hydrogens (tertiary/aromatic N) is 3. The number of anilines is 6. The third-order valence-corrected chi connectivity index (χ3v) is 7.10. The molecular formula is C29H30N6O3. The number of aromatic nitrogens is 1. The van der Waals surface area contributed by atoms with Gasteiger partial charge in [0.25, 0.3) is 5.91 Å². The first-order valence-corrected chi connectivity index (χ1v) is 12.7. The third kappa shape index (κ3) is 4.58. The van der Waals surface area contributed by atoms with Crippen LogP contribution >= 0.6 is 0 Å². The Kier molecular flexibility index (Phi) is 6.25. The van der Waals surface area contributed by atoms with Gasteiger partial charge < -0.3 is 34.9 Å². The summed E-state index contributed by atoms with van der Waals surface area (Å²) < 4.78 is 11.5. The molecule has 3 N–H and O–H groups in total. The summed E-state index contributed by atoms with van der Waals surface area (Å²) in [5.74, 6) is 1.42. The molecule has 6 rings (SSSR count). The fraction of sp³-hybridized carbons (Fsp3) is 0.241. The monoisotopic (exact) mass is 510 g/mol. The molecule has 9 nitrogen and oxygen atoms in total. The van der Waals surface area contributed by atoms with Gasteiger partial charge in [-0.05, 0) is 42.8 Å². The second-order valence-corrected chi connectivity index (χ2v) is 9.53. The van der Waals surface area contributed by atoms with Gasteiger partial charge in [0.1, 0.15) is 24.4 Å². The molecule has 2 aromatic carbocycles. The van der Waals surface area contributed by atoms with E-state index in [1.807, 2.05) is 49.5 Å². The highest BCUT2D eigenvalue weighted by Crippen LogP contribution is 2.38. The first kappa shape index (κ1) is 23.7. The van der Waals surface area contributed by atoms with Gasteiger partial charge in [0.15, 0.2) is 0 Å². The first-order valence-electron chi connectivity index (χ1n) is 12.7. The Hall–Kier alpha value is -4.66. The molecule has 0 aliphatic carbocycles. The number of hydrogen-bond acceptors (Lipinski definition) is 8. The lowest BCUT2D eigenvalue weighted by molar-refractivity contribution is 0.0964. The van der Waals surface area contributed by atoms with Gasteiger partial charge in [0, 0.05) is 56.4 Å². The molecule has 0 spiro atoms. The van der Waals surface area contributed by atoms with E-state index in [9.17, 15) is 4.79 Å². The van der Waals surface area contributed by atoms with Crippen molar-refractivity contribution in [3.05, 3.63) is 84.4 Å². The van der Waals surface area contributed by atoms with Crippen molar-refractivity contribution in [3.8, 4) is 5.75 Å². The summed E-state index contributed by atoms with van der Waals surface area (Å²) in [7, 11) is 1.63. The number of rotatable bonds is 6. The van der Waals surface area contributed by atoms with Crippen molar-refractivity contribution >= 4 is 40.2 Å². The zero-order chi connectivity index (χ0) is 26.1. The van der Waals surface area contributed by atoms with Crippen LogP contribution in [0.4, 0.5) is 34.3 Å². The topological polar surface area (TPSA) is 94.9 Å². The Labute approximate surface area is 221 Å². The van der Waals surface area contributed by atoms with E-state index >= 15 is 0 Å². The maximum absolute atomic E-state index is 12.3. The summed E-state index contributed by atoms with van der Waals surface area (Å²) in [6.07, 6.45) is 5.33. The van der Waals surface area contributed by atoms with Crippen molar-refractivity contribution < 1.29 is 13.9 Å². The second-order valence-electron chi connectivity index (χ2n) is 9.53. The molecule has 194 valence electrons. The van der Waals surface area contributed by atoms with Crippen molar-refractivity contribution in [1.82, 2.24) is 10.3 Å². The summed E-state index contributed by atoms with van der Waals surface area (Å²) >= 11 is 0. The number of amides is 1. The van der Waals surface area contributed by atoms with Crippen LogP contribution in [0.1, 0.15) is 15.9 Å². The zero-order valence-corrected chi connectivity index (χ0v) is 21.4. The van der Waals surface area contributed by atoms with Crippen LogP contribution in [0.5, 0.6) is 5.75 Å². The van der Waals surface area contributed by atoms with Crippen LogP contribution in [-0.4, -0.2) is 50.2 Å². The Morgan fingerprint density at radius 1 is 1.05 bits per heavy atom. The molecule has 1 amide bonds. The van der Waals surface area contributed by atoms with Gasteiger partial charge in [-0.1, -0.05) is 12.1 Å². The minimum atomic E-state index is -0.141. The molecule has 1 unspecified atom stereocenters. The molecule has 0 bridgehead atoms. The molecule has 9 heteroatoms. The maximum atomic E-state index is 12.3. The lowest BCUT2D eigenvalue weighted by Gasteiger charge is -2.46. The SMILES string of the molecule is CNC(=O)c1ccccc1Nc1cc(Nc2ccc3c(c2)OCC2CN(c4ccoc4)CCN32)ncc1C. The van der Waals surface area contributed by atoms with Crippen LogP contribution in [0.25, 0.3) is 0 Å². The van der Waals surface area contributed by atoms with Crippen LogP contribution in [0.3, 0.4) is 0 Å². The number of carbonyl (C=O) groups is 1. The molecule has 2 aromatic heterocycles. The van der Waals surface area contributed by atoms with E-state index < -0.39 is 0 Å². The number of fused-ring (bicyclic) bond motifs is 3. The van der Waals surface area contributed by atoms with Gasteiger partial charge in [-0.3, -0.25) is 4.79 Å². The van der Waals surface area contributed by atoms with Crippen molar-refractivity contribution in [2.45, 2.75) is 13.0 Å². The number of benzene rings is 2. The molecule has 1 saturated heterocycles. The standard InChI is InChI=1S/C29H30N6O3/c1-19-15-31-28(14-25(19)33-24-6-4-3-5-23(24)29(36)30-2)32-20-7-8-26-27(13-20)38-18-22-16-34(10-11-35(22)26)21-9-12-37-17-21/h3-9,12-15,17,22H,10-11,16,18H2,1-2H3,(H,30,36)(H2,31,32,33). The van der Waals surface area contributed by atoms with Crippen molar-refractivity contribution in [1.29, 1.82) is 0 Å². The molecule has 2 aliphatic rings. The average Bonchev–Trinajstić information content (AvgIpc) is 3.49. The van der Waals surface area contributed by atoms with Crippen LogP contribution in [0.15, 0.2) is 77.7 Å². The lowest BCUT2D eigenvalue weighted by Crippen LogP contribution is -2.57. The second kappa shape index (κ2) is 10.0. The predicted molar refractivity (Wildman–Crippen MR) is 149 cm³/mol. The van der Waals surface area contributed by atoms with Crippen molar-refractivity contribution in [2.75, 3.05) is 53.7 Å². The minimum Gasteiger partial charge on any atom is -0.489 e. The Morgan fingerprint density at radius 2 is 1.95 bits per heavy atom. The summed E-state index contributed by atoms with van der Waals surface area (Å²) in [6, 6.07) is 17.9. The zero-order valence-electron chi connectivity index (χ0n) is 21.4. The summed E-state index contributed by atoms with van der Waals surface area (Å²) in [6.45, 7) is 5.36. The van der Waals surface area contributed by atoms with Crippen molar-refractivity contribution in [3.63, 3.8) is 0 Å². The number of para-hydroxylation sites is 1. The molecule has 0 radical (unpaired) electrons. The molecular weight excluding hydrogens is 480 g/mol. The highest BCUT2D eigenvalue weighted by molar-refractivity contribution is 6.00. The number of aryl methyl sites for hydroxylation is 1. The molecule has 4 aromatic rings. The fourth-order valence-electron chi connectivity index (χ4n) is 5.06. The van der Waals surface area contributed by atoms with Crippen LogP contribution in [0, 0.1) is 6.92 Å². The van der Waals surface area contributed by atoms with E-state index in [0.29, 0.717) is 18.0 Å². The van der Waals surface area contributed by atoms with E-state index in [4.69, 9.17) is 9.15 Å². The number of ether oxygens (including phenoxy) is 1. The number of nitrogens with one attached hydrogen (secondary N) is 3. The number of piperazine rings is 1. The quantitative estimate of drug-likeness (QED) is 0.337. The predicted octanol–water partition coefficient (Wildman–Crippen LogP) is 4.92. The van der Waals surface area contributed by atoms with E-state index in [0.717, 1.165) is 59.4 Å². The largest absolute Gasteiger partial charge is 0.489 e. The normalized spacial score (nSPS) is 16.2. The Bertz CT molecular complexity index is 1450. The van der Waals surface area contributed by atoms with Gasteiger partial charge in [0.05, 0.1) is 34.9 Å². The van der Waals surface area contributed by atoms with Gasteiger partial charge in [-0.15, -0.1) is 0 Å². The Morgan fingerprint density at radius 3 is 2.79 bits per heavy atom. The molecule has 0 saturated carbocycles. The first-order chi connectivity index (χ1) is 18.6.